The van der Waals surface area contributed by atoms with E-state index in [0.29, 0.717) is 23.0 Å². The molecule has 2 aromatic carbocycles. The van der Waals surface area contributed by atoms with Crippen LogP contribution in [0.1, 0.15) is 10.4 Å². The summed E-state index contributed by atoms with van der Waals surface area (Å²) < 4.78 is 19.2. The van der Waals surface area contributed by atoms with Crippen LogP contribution in [-0.4, -0.2) is 6.29 Å². The Hall–Kier alpha value is -2.42. The third-order valence-corrected chi connectivity index (χ3v) is 2.91. The molecule has 1 aromatic heterocycles. The molecule has 0 aliphatic heterocycles. The predicted octanol–water partition coefficient (Wildman–Crippen LogP) is 4.05. The Kier molecular flexibility index (Phi) is 2.45. The fourth-order valence-electron chi connectivity index (χ4n) is 2.05. The van der Waals surface area contributed by atoms with Gasteiger partial charge in [-0.3, -0.25) is 4.79 Å². The highest BCUT2D eigenvalue weighted by molar-refractivity contribution is 5.95. The van der Waals surface area contributed by atoms with Gasteiger partial charge >= 0.3 is 0 Å². The van der Waals surface area contributed by atoms with Crippen molar-refractivity contribution in [1.82, 2.24) is 0 Å². The van der Waals surface area contributed by atoms with Crippen molar-refractivity contribution in [2.45, 2.75) is 0 Å². The molecule has 3 rings (SSSR count). The molecule has 1 heterocycles. The predicted molar refractivity (Wildman–Crippen MR) is 67.0 cm³/mol. The van der Waals surface area contributed by atoms with Gasteiger partial charge in [-0.25, -0.2) is 4.39 Å². The van der Waals surface area contributed by atoms with Crippen molar-refractivity contribution in [3.8, 4) is 11.1 Å². The Morgan fingerprint density at radius 1 is 1.06 bits per heavy atom. The molecular weight excluding hydrogens is 231 g/mol. The number of aldehydes is 1. The summed E-state index contributed by atoms with van der Waals surface area (Å²) in [5.41, 5.74) is 2.28. The van der Waals surface area contributed by atoms with E-state index >= 15 is 0 Å². The van der Waals surface area contributed by atoms with Crippen LogP contribution in [0.5, 0.6) is 0 Å². The van der Waals surface area contributed by atoms with Crippen LogP contribution in [0.2, 0.25) is 0 Å². The van der Waals surface area contributed by atoms with Crippen LogP contribution in [0.15, 0.2) is 53.1 Å². The third kappa shape index (κ3) is 1.61. The van der Waals surface area contributed by atoms with E-state index in [0.717, 1.165) is 10.9 Å². The van der Waals surface area contributed by atoms with Crippen LogP contribution in [0.3, 0.4) is 0 Å². The van der Waals surface area contributed by atoms with Gasteiger partial charge in [0.1, 0.15) is 17.7 Å². The van der Waals surface area contributed by atoms with Gasteiger partial charge < -0.3 is 4.42 Å². The Morgan fingerprint density at radius 2 is 1.94 bits per heavy atom. The molecule has 18 heavy (non-hydrogen) atoms. The van der Waals surface area contributed by atoms with Crippen LogP contribution in [0.4, 0.5) is 4.39 Å². The van der Waals surface area contributed by atoms with Crippen LogP contribution in [0, 0.1) is 5.82 Å². The zero-order chi connectivity index (χ0) is 12.5. The summed E-state index contributed by atoms with van der Waals surface area (Å²) >= 11 is 0. The second-order valence-electron chi connectivity index (χ2n) is 4.00. The van der Waals surface area contributed by atoms with E-state index in [2.05, 4.69) is 0 Å². The number of hydrogen-bond acceptors (Lipinski definition) is 2. The van der Waals surface area contributed by atoms with Crippen molar-refractivity contribution in [3.63, 3.8) is 0 Å². The molecule has 0 saturated carbocycles. The molecular formula is C15H9FO2. The summed E-state index contributed by atoms with van der Waals surface area (Å²) in [5, 5.41) is 0.833. The van der Waals surface area contributed by atoms with Crippen molar-refractivity contribution in [1.29, 1.82) is 0 Å². The first-order valence-corrected chi connectivity index (χ1v) is 5.51. The molecule has 0 atom stereocenters. The molecule has 0 fully saturated rings. The molecule has 0 unspecified atom stereocenters. The van der Waals surface area contributed by atoms with Gasteiger partial charge in [0.25, 0.3) is 0 Å². The van der Waals surface area contributed by atoms with Gasteiger partial charge in [0.05, 0.1) is 6.26 Å². The van der Waals surface area contributed by atoms with E-state index in [9.17, 15) is 9.18 Å². The molecule has 3 aromatic rings. The fraction of sp³-hybridized carbons (Fsp3) is 0. The van der Waals surface area contributed by atoms with Gasteiger partial charge in [-0.15, -0.1) is 0 Å². The zero-order valence-electron chi connectivity index (χ0n) is 9.39. The lowest BCUT2D eigenvalue weighted by atomic mass is 9.99. The number of halogens is 1. The number of carbonyl (C=O) groups excluding carboxylic acids is 1. The topological polar surface area (TPSA) is 30.2 Å². The molecule has 0 saturated heterocycles. The lowest BCUT2D eigenvalue weighted by Gasteiger charge is -2.05. The Bertz CT molecular complexity index is 728. The van der Waals surface area contributed by atoms with Gasteiger partial charge in [-0.2, -0.15) is 0 Å². The van der Waals surface area contributed by atoms with Crippen molar-refractivity contribution in [2.24, 2.45) is 0 Å². The standard InChI is InChI=1S/C15H9FO2/c16-14-5-4-10(9-17)8-13(14)11-2-1-3-15-12(11)6-7-18-15/h1-9H. The summed E-state index contributed by atoms with van der Waals surface area (Å²) in [6, 6.07) is 11.5. The van der Waals surface area contributed by atoms with Gasteiger partial charge in [0.15, 0.2) is 0 Å². The number of hydrogen-bond donors (Lipinski definition) is 0. The Labute approximate surface area is 103 Å². The van der Waals surface area contributed by atoms with Crippen LogP contribution in [-0.2, 0) is 0 Å². The molecule has 0 spiro atoms. The normalized spacial score (nSPS) is 10.7. The summed E-state index contributed by atoms with van der Waals surface area (Å²) in [5.74, 6) is -0.352. The molecule has 0 bridgehead atoms. The average molecular weight is 240 g/mol. The second kappa shape index (κ2) is 4.11. The minimum atomic E-state index is -0.352. The van der Waals surface area contributed by atoms with Gasteiger partial charge in [0, 0.05) is 16.5 Å². The summed E-state index contributed by atoms with van der Waals surface area (Å²) in [6.07, 6.45) is 2.27. The molecule has 0 aliphatic rings. The number of rotatable bonds is 2. The van der Waals surface area contributed by atoms with E-state index in [1.807, 2.05) is 12.1 Å². The second-order valence-corrected chi connectivity index (χ2v) is 4.00. The summed E-state index contributed by atoms with van der Waals surface area (Å²) in [6.45, 7) is 0. The highest BCUT2D eigenvalue weighted by Gasteiger charge is 2.10. The maximum Gasteiger partial charge on any atom is 0.150 e. The maximum absolute atomic E-state index is 13.9. The monoisotopic (exact) mass is 240 g/mol. The molecule has 3 heteroatoms. The average Bonchev–Trinajstić information content (AvgIpc) is 2.87. The number of fused-ring (bicyclic) bond motifs is 1. The number of benzene rings is 2. The molecule has 0 N–H and O–H groups in total. The highest BCUT2D eigenvalue weighted by atomic mass is 19.1. The van der Waals surface area contributed by atoms with E-state index in [1.165, 1.54) is 12.1 Å². The van der Waals surface area contributed by atoms with Gasteiger partial charge in [0.2, 0.25) is 0 Å². The molecule has 88 valence electrons. The van der Waals surface area contributed by atoms with Gasteiger partial charge in [-0.1, -0.05) is 12.1 Å². The maximum atomic E-state index is 13.9. The smallest absolute Gasteiger partial charge is 0.150 e. The first kappa shape index (κ1) is 10.7. The van der Waals surface area contributed by atoms with Crippen molar-refractivity contribution in [2.75, 3.05) is 0 Å². The largest absolute Gasteiger partial charge is 0.464 e. The zero-order valence-corrected chi connectivity index (χ0v) is 9.39. The number of carbonyl (C=O) groups is 1. The third-order valence-electron chi connectivity index (χ3n) is 2.91. The molecule has 0 amide bonds. The SMILES string of the molecule is O=Cc1ccc(F)c(-c2cccc3occc23)c1. The fourth-order valence-corrected chi connectivity index (χ4v) is 2.05. The Morgan fingerprint density at radius 3 is 2.78 bits per heavy atom. The quantitative estimate of drug-likeness (QED) is 0.632. The molecule has 2 nitrogen and oxygen atoms in total. The van der Waals surface area contributed by atoms with E-state index in [4.69, 9.17) is 4.42 Å². The van der Waals surface area contributed by atoms with Crippen molar-refractivity contribution < 1.29 is 13.6 Å². The first-order valence-electron chi connectivity index (χ1n) is 5.51. The van der Waals surface area contributed by atoms with Gasteiger partial charge in [-0.05, 0) is 35.9 Å². The van der Waals surface area contributed by atoms with Crippen molar-refractivity contribution >= 4 is 17.3 Å². The minimum absolute atomic E-state index is 0.352. The first-order chi connectivity index (χ1) is 8.79. The highest BCUT2D eigenvalue weighted by Crippen LogP contribution is 2.31. The van der Waals surface area contributed by atoms with Crippen molar-refractivity contribution in [3.05, 3.63) is 60.1 Å². The summed E-state index contributed by atoms with van der Waals surface area (Å²) in [4.78, 5) is 10.8. The van der Waals surface area contributed by atoms with E-state index in [-0.39, 0.29) is 5.82 Å². The lowest BCUT2D eigenvalue weighted by molar-refractivity contribution is 0.112. The summed E-state index contributed by atoms with van der Waals surface area (Å²) in [7, 11) is 0. The Balaban J connectivity index is 2.31. The molecule has 0 radical (unpaired) electrons. The van der Waals surface area contributed by atoms with Crippen LogP contribution in [0.25, 0.3) is 22.1 Å². The van der Waals surface area contributed by atoms with E-state index in [1.54, 1.807) is 24.5 Å². The van der Waals surface area contributed by atoms with Crippen LogP contribution < -0.4 is 0 Å². The lowest BCUT2D eigenvalue weighted by Crippen LogP contribution is -1.88. The minimum Gasteiger partial charge on any atom is -0.464 e. The number of furan rings is 1. The van der Waals surface area contributed by atoms with Crippen LogP contribution >= 0.6 is 0 Å². The molecule has 0 aliphatic carbocycles. The van der Waals surface area contributed by atoms with E-state index < -0.39 is 0 Å².